The number of rotatable bonds is 4. The van der Waals surface area contributed by atoms with Crippen molar-refractivity contribution in [2.75, 3.05) is 0 Å². The van der Waals surface area contributed by atoms with Crippen LogP contribution >= 0.6 is 0 Å². The molecule has 5 rings (SSSR count). The molecule has 0 aromatic heterocycles. The van der Waals surface area contributed by atoms with Gasteiger partial charge in [-0.3, -0.25) is 14.9 Å². The summed E-state index contributed by atoms with van der Waals surface area (Å²) in [7, 11) is 0. The predicted octanol–water partition coefficient (Wildman–Crippen LogP) is 3.18. The van der Waals surface area contributed by atoms with E-state index >= 15 is 0 Å². The van der Waals surface area contributed by atoms with E-state index < -0.39 is 27.9 Å². The average Bonchev–Trinajstić information content (AvgIpc) is 2.53. The van der Waals surface area contributed by atoms with Gasteiger partial charge in [0.05, 0.1) is 15.9 Å². The van der Waals surface area contributed by atoms with Gasteiger partial charge in [0.1, 0.15) is 5.60 Å². The fourth-order valence-electron chi connectivity index (χ4n) is 5.55. The molecule has 0 radical (unpaired) electrons. The lowest BCUT2D eigenvalue weighted by Gasteiger charge is -2.59. The van der Waals surface area contributed by atoms with Crippen molar-refractivity contribution in [3.8, 4) is 0 Å². The first-order valence-corrected chi connectivity index (χ1v) is 8.52. The number of carbonyl (C=O) groups excluding carboxylic acids is 1. The number of non-ortho nitro benzene ring substituents is 1. The Morgan fingerprint density at radius 1 is 1.20 bits per heavy atom. The maximum atomic E-state index is 12.6. The van der Waals surface area contributed by atoms with Crippen LogP contribution in [0.25, 0.3) is 0 Å². The van der Waals surface area contributed by atoms with E-state index in [1.54, 1.807) is 0 Å². The number of benzene rings is 1. The largest absolute Gasteiger partial charge is 0.481 e. The van der Waals surface area contributed by atoms with Gasteiger partial charge < -0.3 is 9.84 Å². The first kappa shape index (κ1) is 16.1. The summed E-state index contributed by atoms with van der Waals surface area (Å²) < 4.78 is 5.82. The Balaban J connectivity index is 1.60. The van der Waals surface area contributed by atoms with Crippen LogP contribution in [0.3, 0.4) is 0 Å². The number of carbonyl (C=O) groups is 2. The summed E-state index contributed by atoms with van der Waals surface area (Å²) in [4.78, 5) is 34.8. The van der Waals surface area contributed by atoms with Crippen molar-refractivity contribution in [2.45, 2.75) is 44.1 Å². The van der Waals surface area contributed by atoms with Crippen LogP contribution in [0, 0.1) is 27.4 Å². The molecule has 0 heterocycles. The summed E-state index contributed by atoms with van der Waals surface area (Å²) in [5, 5.41) is 20.6. The van der Waals surface area contributed by atoms with Gasteiger partial charge in [-0.05, 0) is 50.0 Å². The van der Waals surface area contributed by atoms with Crippen LogP contribution in [0.5, 0.6) is 0 Å². The molecule has 132 valence electrons. The molecule has 4 aliphatic carbocycles. The summed E-state index contributed by atoms with van der Waals surface area (Å²) >= 11 is 0. The van der Waals surface area contributed by atoms with Crippen LogP contribution < -0.4 is 0 Å². The topological polar surface area (TPSA) is 107 Å². The van der Waals surface area contributed by atoms with Crippen LogP contribution in [0.1, 0.15) is 48.9 Å². The summed E-state index contributed by atoms with van der Waals surface area (Å²) in [6, 6.07) is 5.46. The zero-order valence-corrected chi connectivity index (χ0v) is 13.6. The van der Waals surface area contributed by atoms with E-state index in [0.717, 1.165) is 6.42 Å². The van der Waals surface area contributed by atoms with E-state index in [-0.39, 0.29) is 23.1 Å². The number of carboxylic acid groups (broad SMARTS) is 1. The Hall–Kier alpha value is -2.44. The highest BCUT2D eigenvalue weighted by Crippen LogP contribution is 2.63. The first-order chi connectivity index (χ1) is 11.8. The maximum Gasteiger partial charge on any atom is 0.338 e. The van der Waals surface area contributed by atoms with E-state index in [1.807, 2.05) is 0 Å². The van der Waals surface area contributed by atoms with Gasteiger partial charge in [-0.1, -0.05) is 6.07 Å². The molecule has 4 aliphatic rings. The number of nitrogens with zero attached hydrogens (tertiary/aromatic N) is 1. The number of esters is 1. The molecule has 0 aliphatic heterocycles. The van der Waals surface area contributed by atoms with Crippen LogP contribution in [-0.4, -0.2) is 27.6 Å². The highest BCUT2D eigenvalue weighted by molar-refractivity contribution is 5.90. The number of carboxylic acids is 1. The van der Waals surface area contributed by atoms with E-state index in [4.69, 9.17) is 4.74 Å². The van der Waals surface area contributed by atoms with E-state index in [1.165, 1.54) is 24.3 Å². The normalized spacial score (nSPS) is 35.4. The first-order valence-electron chi connectivity index (χ1n) is 8.52. The highest BCUT2D eigenvalue weighted by Gasteiger charge is 2.62. The Morgan fingerprint density at radius 2 is 1.88 bits per heavy atom. The molecule has 4 saturated carbocycles. The SMILES string of the molecule is O=C(OC12CC3CC(C1)CC(C(=O)O)(C3)C2)c1cccc([N+](=O)[O-])c1. The molecule has 0 amide bonds. The number of ether oxygens (including phenoxy) is 1. The molecule has 4 bridgehead atoms. The monoisotopic (exact) mass is 345 g/mol. The van der Waals surface area contributed by atoms with Gasteiger partial charge in [0, 0.05) is 18.6 Å². The molecule has 0 saturated heterocycles. The number of nitro benzene ring substituents is 1. The molecular weight excluding hydrogens is 326 g/mol. The van der Waals surface area contributed by atoms with Crippen molar-refractivity contribution >= 4 is 17.6 Å². The van der Waals surface area contributed by atoms with Gasteiger partial charge >= 0.3 is 11.9 Å². The molecule has 0 spiro atoms. The summed E-state index contributed by atoms with van der Waals surface area (Å²) in [5.41, 5.74) is -1.56. The third-order valence-electron chi connectivity index (χ3n) is 6.06. The number of nitro groups is 1. The van der Waals surface area contributed by atoms with Crippen LogP contribution in [0.4, 0.5) is 5.69 Å². The Labute approximate surface area is 144 Å². The van der Waals surface area contributed by atoms with Gasteiger partial charge in [0.2, 0.25) is 0 Å². The Kier molecular flexibility index (Phi) is 3.39. The van der Waals surface area contributed by atoms with Gasteiger partial charge in [-0.25, -0.2) is 4.79 Å². The standard InChI is InChI=1S/C18H19NO6/c20-15(13-2-1-3-14(5-13)19(23)24)25-18-8-11-4-12(9-18)7-17(6-11,10-18)16(21)22/h1-3,5,11-12H,4,6-10H2,(H,21,22). The number of hydrogen-bond acceptors (Lipinski definition) is 5. The number of hydrogen-bond donors (Lipinski definition) is 1. The van der Waals surface area contributed by atoms with Crippen LogP contribution in [0.2, 0.25) is 0 Å². The maximum absolute atomic E-state index is 12.6. The fraction of sp³-hybridized carbons (Fsp3) is 0.556. The summed E-state index contributed by atoms with van der Waals surface area (Å²) in [5.74, 6) is -0.853. The predicted molar refractivity (Wildman–Crippen MR) is 86.0 cm³/mol. The van der Waals surface area contributed by atoms with Crippen molar-refractivity contribution in [2.24, 2.45) is 17.3 Å². The zero-order valence-electron chi connectivity index (χ0n) is 13.6. The molecule has 7 nitrogen and oxygen atoms in total. The van der Waals surface area contributed by atoms with Crippen molar-refractivity contribution in [3.05, 3.63) is 39.9 Å². The lowest BCUT2D eigenvalue weighted by atomic mass is 9.48. The molecule has 1 aromatic carbocycles. The van der Waals surface area contributed by atoms with Crippen LogP contribution in [-0.2, 0) is 9.53 Å². The van der Waals surface area contributed by atoms with Gasteiger partial charge in [-0.2, -0.15) is 0 Å². The minimum atomic E-state index is -0.794. The van der Waals surface area contributed by atoms with Crippen molar-refractivity contribution in [3.63, 3.8) is 0 Å². The third kappa shape index (κ3) is 2.58. The second kappa shape index (κ2) is 5.28. The molecule has 1 N–H and O–H groups in total. The summed E-state index contributed by atoms with van der Waals surface area (Å²) in [6.07, 6.45) is 4.07. The zero-order chi connectivity index (χ0) is 17.8. The minimum Gasteiger partial charge on any atom is -0.481 e. The van der Waals surface area contributed by atoms with E-state index in [0.29, 0.717) is 32.1 Å². The van der Waals surface area contributed by atoms with Crippen LogP contribution in [0.15, 0.2) is 24.3 Å². The minimum absolute atomic E-state index is 0.134. The fourth-order valence-corrected chi connectivity index (χ4v) is 5.55. The summed E-state index contributed by atoms with van der Waals surface area (Å²) in [6.45, 7) is 0. The van der Waals surface area contributed by atoms with E-state index in [2.05, 4.69) is 0 Å². The second-order valence-corrected chi connectivity index (χ2v) is 7.93. The molecule has 4 fully saturated rings. The van der Waals surface area contributed by atoms with Crippen molar-refractivity contribution in [1.82, 2.24) is 0 Å². The molecule has 7 heteroatoms. The van der Waals surface area contributed by atoms with Crippen molar-refractivity contribution in [1.29, 1.82) is 0 Å². The lowest BCUT2D eigenvalue weighted by molar-refractivity contribution is -0.384. The lowest BCUT2D eigenvalue weighted by Crippen LogP contribution is -2.59. The smallest absolute Gasteiger partial charge is 0.338 e. The highest BCUT2D eigenvalue weighted by atomic mass is 16.6. The molecule has 2 atom stereocenters. The molecular formula is C18H19NO6. The third-order valence-corrected chi connectivity index (χ3v) is 6.06. The number of aliphatic carboxylic acids is 1. The van der Waals surface area contributed by atoms with Gasteiger partial charge in [0.15, 0.2) is 0 Å². The van der Waals surface area contributed by atoms with Crippen molar-refractivity contribution < 1.29 is 24.4 Å². The molecule has 1 aromatic rings. The van der Waals surface area contributed by atoms with Gasteiger partial charge in [0.25, 0.3) is 5.69 Å². The second-order valence-electron chi connectivity index (χ2n) is 7.93. The Morgan fingerprint density at radius 3 is 2.48 bits per heavy atom. The average molecular weight is 345 g/mol. The molecule has 25 heavy (non-hydrogen) atoms. The van der Waals surface area contributed by atoms with Gasteiger partial charge in [-0.15, -0.1) is 0 Å². The Bertz CT molecular complexity index is 759. The quantitative estimate of drug-likeness (QED) is 0.510. The van der Waals surface area contributed by atoms with E-state index in [9.17, 15) is 24.8 Å². The molecule has 2 unspecified atom stereocenters.